The summed E-state index contributed by atoms with van der Waals surface area (Å²) in [6.07, 6.45) is 6.31. The van der Waals surface area contributed by atoms with Gasteiger partial charge < -0.3 is 0 Å². The van der Waals surface area contributed by atoms with Gasteiger partial charge in [-0.3, -0.25) is 0 Å². The Morgan fingerprint density at radius 3 is 2.39 bits per heavy atom. The first-order valence-corrected chi connectivity index (χ1v) is 8.07. The van der Waals surface area contributed by atoms with Crippen molar-refractivity contribution in [3.8, 4) is 0 Å². The van der Waals surface area contributed by atoms with Crippen LogP contribution in [-0.2, 0) is 0 Å². The van der Waals surface area contributed by atoms with Gasteiger partial charge in [-0.15, -0.1) is 0 Å². The Balaban J connectivity index is 2.23. The zero-order valence-corrected chi connectivity index (χ0v) is 12.1. The van der Waals surface area contributed by atoms with E-state index in [0.717, 1.165) is 11.5 Å². The van der Waals surface area contributed by atoms with E-state index >= 15 is 0 Å². The summed E-state index contributed by atoms with van der Waals surface area (Å²) in [6, 6.07) is 6.95. The van der Waals surface area contributed by atoms with E-state index in [1.54, 1.807) is 12.1 Å². The van der Waals surface area contributed by atoms with Gasteiger partial charge in [0.1, 0.15) is 0 Å². The molecule has 3 heteroatoms. The van der Waals surface area contributed by atoms with Crippen molar-refractivity contribution in [1.29, 1.82) is 0 Å². The first-order valence-electron chi connectivity index (χ1n) is 6.86. The molecule has 0 bridgehead atoms. The van der Waals surface area contributed by atoms with Gasteiger partial charge in [0.15, 0.2) is 0 Å². The van der Waals surface area contributed by atoms with Crippen molar-refractivity contribution in [2.24, 2.45) is 0 Å². The van der Waals surface area contributed by atoms with Crippen molar-refractivity contribution in [2.45, 2.75) is 51.9 Å². The largest absolute Gasteiger partial charge is 0.264 e. The molecule has 0 aliphatic heterocycles. The third kappa shape index (κ3) is 5.91. The molecule has 1 atom stereocenters. The van der Waals surface area contributed by atoms with E-state index in [9.17, 15) is 8.78 Å². The fourth-order valence-corrected chi connectivity index (χ4v) is 3.28. The standard InChI is InChI=1S/C15H23F2P/c1-2-3-4-5-6-9-12-18-14-11-8-7-10-13(14)15(16)17/h7-8,10-11,15,18H,2-6,9,12H2,1H3. The molecule has 0 heterocycles. The predicted octanol–water partition coefficient (Wildman–Crippen LogP) is 5.29. The lowest BCUT2D eigenvalue weighted by Crippen LogP contribution is -2.04. The number of halogens is 2. The van der Waals surface area contributed by atoms with Crippen LogP contribution in [0.3, 0.4) is 0 Å². The lowest BCUT2D eigenvalue weighted by molar-refractivity contribution is 0.152. The van der Waals surface area contributed by atoms with Gasteiger partial charge in [0.05, 0.1) is 0 Å². The Kier molecular flexibility index (Phi) is 8.17. The Hall–Kier alpha value is -0.490. The fourth-order valence-electron chi connectivity index (χ4n) is 1.98. The highest BCUT2D eigenvalue weighted by Crippen LogP contribution is 2.23. The van der Waals surface area contributed by atoms with Crippen LogP contribution < -0.4 is 5.30 Å². The number of alkyl halides is 2. The molecule has 0 aliphatic carbocycles. The molecule has 102 valence electrons. The predicted molar refractivity (Wildman–Crippen MR) is 77.6 cm³/mol. The number of hydrogen-bond donors (Lipinski definition) is 0. The zero-order chi connectivity index (χ0) is 13.2. The first-order chi connectivity index (χ1) is 8.75. The highest BCUT2D eigenvalue weighted by atomic mass is 31.1. The van der Waals surface area contributed by atoms with E-state index in [4.69, 9.17) is 0 Å². The van der Waals surface area contributed by atoms with E-state index in [0.29, 0.717) is 8.58 Å². The lowest BCUT2D eigenvalue weighted by Gasteiger charge is -2.08. The zero-order valence-electron chi connectivity index (χ0n) is 11.1. The minimum atomic E-state index is -2.33. The average Bonchev–Trinajstić information content (AvgIpc) is 2.38. The topological polar surface area (TPSA) is 0 Å². The number of unbranched alkanes of at least 4 members (excludes halogenated alkanes) is 5. The van der Waals surface area contributed by atoms with Gasteiger partial charge >= 0.3 is 0 Å². The SMILES string of the molecule is CCCCCCCCPc1ccccc1C(F)F. The maximum atomic E-state index is 12.7. The molecule has 0 aromatic heterocycles. The Bertz CT molecular complexity index is 326. The smallest absolute Gasteiger partial charge is 0.205 e. The third-order valence-corrected chi connectivity index (χ3v) is 4.48. The molecule has 0 aliphatic rings. The molecule has 0 N–H and O–H groups in total. The molecule has 1 aromatic carbocycles. The number of hydrogen-bond acceptors (Lipinski definition) is 0. The Morgan fingerprint density at radius 2 is 1.67 bits per heavy atom. The summed E-state index contributed by atoms with van der Waals surface area (Å²) in [5.41, 5.74) is 0.224. The highest BCUT2D eigenvalue weighted by molar-refractivity contribution is 7.47. The number of rotatable bonds is 9. The van der Waals surface area contributed by atoms with E-state index in [1.807, 2.05) is 12.1 Å². The van der Waals surface area contributed by atoms with E-state index < -0.39 is 6.43 Å². The van der Waals surface area contributed by atoms with Gasteiger partial charge in [0, 0.05) is 5.56 Å². The van der Waals surface area contributed by atoms with Gasteiger partial charge in [-0.05, 0) is 17.9 Å². The van der Waals surface area contributed by atoms with E-state index in [1.165, 1.54) is 38.5 Å². The molecule has 0 fully saturated rings. The minimum absolute atomic E-state index is 0.224. The molecular formula is C15H23F2P. The van der Waals surface area contributed by atoms with Crippen LogP contribution in [0.4, 0.5) is 8.78 Å². The summed E-state index contributed by atoms with van der Waals surface area (Å²) >= 11 is 0. The summed E-state index contributed by atoms with van der Waals surface area (Å²) < 4.78 is 25.5. The van der Waals surface area contributed by atoms with Crippen LogP contribution in [0.5, 0.6) is 0 Å². The van der Waals surface area contributed by atoms with Crippen LogP contribution in [0.15, 0.2) is 24.3 Å². The second-order valence-corrected chi connectivity index (χ2v) is 5.97. The van der Waals surface area contributed by atoms with Crippen LogP contribution in [0.2, 0.25) is 0 Å². The van der Waals surface area contributed by atoms with Crippen molar-refractivity contribution in [3.05, 3.63) is 29.8 Å². The molecule has 1 rings (SSSR count). The van der Waals surface area contributed by atoms with Crippen LogP contribution in [-0.4, -0.2) is 6.16 Å². The van der Waals surface area contributed by atoms with Gasteiger partial charge in [-0.2, -0.15) is 0 Å². The van der Waals surface area contributed by atoms with Crippen molar-refractivity contribution in [1.82, 2.24) is 0 Å². The Morgan fingerprint density at radius 1 is 1.00 bits per heavy atom. The van der Waals surface area contributed by atoms with Gasteiger partial charge in [-0.25, -0.2) is 8.78 Å². The molecule has 0 spiro atoms. The summed E-state index contributed by atoms with van der Waals surface area (Å²) in [5.74, 6) is 0. The third-order valence-electron chi connectivity index (χ3n) is 3.04. The average molecular weight is 272 g/mol. The monoisotopic (exact) mass is 272 g/mol. The summed E-state index contributed by atoms with van der Waals surface area (Å²) in [5, 5.41) is 0.848. The fraction of sp³-hybridized carbons (Fsp3) is 0.600. The van der Waals surface area contributed by atoms with Crippen LogP contribution in [0.25, 0.3) is 0 Å². The molecule has 1 unspecified atom stereocenters. The van der Waals surface area contributed by atoms with Crippen molar-refractivity contribution in [3.63, 3.8) is 0 Å². The first kappa shape index (κ1) is 15.6. The number of benzene rings is 1. The molecule has 18 heavy (non-hydrogen) atoms. The second-order valence-electron chi connectivity index (χ2n) is 4.58. The summed E-state index contributed by atoms with van der Waals surface area (Å²) in [6.45, 7) is 2.21. The molecular weight excluding hydrogens is 249 g/mol. The maximum absolute atomic E-state index is 12.7. The second kappa shape index (κ2) is 9.44. The van der Waals surface area contributed by atoms with Crippen LogP contribution in [0.1, 0.15) is 57.4 Å². The van der Waals surface area contributed by atoms with Gasteiger partial charge in [0.25, 0.3) is 6.43 Å². The summed E-state index contributed by atoms with van der Waals surface area (Å²) in [7, 11) is 0.528. The minimum Gasteiger partial charge on any atom is -0.205 e. The quantitative estimate of drug-likeness (QED) is 0.423. The molecule has 0 radical (unpaired) electrons. The molecule has 1 aromatic rings. The van der Waals surface area contributed by atoms with Crippen molar-refractivity contribution < 1.29 is 8.78 Å². The Labute approximate surface area is 111 Å². The van der Waals surface area contributed by atoms with Crippen molar-refractivity contribution in [2.75, 3.05) is 6.16 Å². The van der Waals surface area contributed by atoms with Crippen molar-refractivity contribution >= 4 is 13.9 Å². The van der Waals surface area contributed by atoms with Crippen LogP contribution >= 0.6 is 8.58 Å². The molecule has 0 saturated heterocycles. The summed E-state index contributed by atoms with van der Waals surface area (Å²) in [4.78, 5) is 0. The van der Waals surface area contributed by atoms with Gasteiger partial charge in [0.2, 0.25) is 0 Å². The molecule has 0 nitrogen and oxygen atoms in total. The normalized spacial score (nSPS) is 11.8. The van der Waals surface area contributed by atoms with E-state index in [-0.39, 0.29) is 5.56 Å². The van der Waals surface area contributed by atoms with Crippen LogP contribution in [0, 0.1) is 0 Å². The highest BCUT2D eigenvalue weighted by Gasteiger charge is 2.11. The molecule has 0 amide bonds. The van der Waals surface area contributed by atoms with E-state index in [2.05, 4.69) is 6.92 Å². The van der Waals surface area contributed by atoms with Gasteiger partial charge in [-0.1, -0.05) is 71.9 Å². The lowest BCUT2D eigenvalue weighted by atomic mass is 10.1. The maximum Gasteiger partial charge on any atom is 0.264 e. The molecule has 0 saturated carbocycles.